The van der Waals surface area contributed by atoms with Gasteiger partial charge in [0.05, 0.1) is 0 Å². The molecular weight excluding hydrogens is 520 g/mol. The molecule has 6 nitrogen and oxygen atoms in total. The normalized spacial score (nSPS) is 17.6. The second-order valence-electron chi connectivity index (χ2n) is 10.7. The molecule has 3 aromatic rings. The summed E-state index contributed by atoms with van der Waals surface area (Å²) in [6.07, 6.45) is 2.70. The molecule has 0 saturated heterocycles. The van der Waals surface area contributed by atoms with Crippen LogP contribution in [0.25, 0.3) is 0 Å². The Morgan fingerprint density at radius 3 is 2.00 bits per heavy atom. The molecule has 7 heteroatoms. The standard InChI is InChI=1S/C29H33BrN2O4/c1-28(2,3)32-27(33)36-25-16-24(17-25)35-22-12-8-20(9-13-22)29(4,5)19-6-10-21(11-7-19)34-23-14-15-31-26(30)18-23/h6-15,18,24-25H,16-17H2,1-5H3,(H,32,33). The zero-order chi connectivity index (χ0) is 25.9. The number of hydrogen-bond acceptors (Lipinski definition) is 5. The molecule has 2 aromatic carbocycles. The minimum Gasteiger partial charge on any atom is -0.490 e. The van der Waals surface area contributed by atoms with E-state index in [1.54, 1.807) is 6.20 Å². The molecule has 0 bridgehead atoms. The van der Waals surface area contributed by atoms with Crippen LogP contribution in [0.4, 0.5) is 4.79 Å². The first-order chi connectivity index (χ1) is 17.0. The van der Waals surface area contributed by atoms with E-state index in [0.29, 0.717) is 12.8 Å². The number of alkyl carbamates (subject to hydrolysis) is 1. The van der Waals surface area contributed by atoms with Crippen molar-refractivity contribution in [1.29, 1.82) is 0 Å². The fraction of sp³-hybridized carbons (Fsp3) is 0.379. The number of halogens is 1. The van der Waals surface area contributed by atoms with Crippen molar-refractivity contribution in [1.82, 2.24) is 10.3 Å². The summed E-state index contributed by atoms with van der Waals surface area (Å²) in [6.45, 7) is 10.2. The topological polar surface area (TPSA) is 69.7 Å². The molecule has 1 aliphatic carbocycles. The number of nitrogens with one attached hydrogen (secondary N) is 1. The van der Waals surface area contributed by atoms with Gasteiger partial charge in [-0.1, -0.05) is 38.1 Å². The molecule has 4 rings (SSSR count). The van der Waals surface area contributed by atoms with Gasteiger partial charge in [-0.3, -0.25) is 0 Å². The third kappa shape index (κ3) is 6.78. The van der Waals surface area contributed by atoms with Gasteiger partial charge in [0, 0.05) is 36.1 Å². The van der Waals surface area contributed by atoms with Gasteiger partial charge >= 0.3 is 6.09 Å². The van der Waals surface area contributed by atoms with E-state index in [2.05, 4.69) is 64.3 Å². The number of benzene rings is 2. The van der Waals surface area contributed by atoms with Crippen LogP contribution in [-0.4, -0.2) is 28.8 Å². The number of ether oxygens (including phenoxy) is 3. The maximum absolute atomic E-state index is 11.9. The first-order valence-electron chi connectivity index (χ1n) is 12.1. The number of rotatable bonds is 7. The van der Waals surface area contributed by atoms with Crippen LogP contribution in [0, 0.1) is 0 Å². The Bertz CT molecular complexity index is 1180. The molecule has 1 aliphatic rings. The summed E-state index contributed by atoms with van der Waals surface area (Å²) in [6, 6.07) is 20.1. The van der Waals surface area contributed by atoms with Crippen LogP contribution in [0.5, 0.6) is 17.2 Å². The third-order valence-corrected chi connectivity index (χ3v) is 6.62. The molecule has 1 N–H and O–H groups in total. The van der Waals surface area contributed by atoms with Crippen molar-refractivity contribution >= 4 is 22.0 Å². The molecule has 0 unspecified atom stereocenters. The number of hydrogen-bond donors (Lipinski definition) is 1. The van der Waals surface area contributed by atoms with Gasteiger partial charge in [-0.15, -0.1) is 0 Å². The van der Waals surface area contributed by atoms with E-state index in [1.807, 2.05) is 57.2 Å². The number of amides is 1. The van der Waals surface area contributed by atoms with Crippen LogP contribution in [0.1, 0.15) is 58.6 Å². The molecule has 1 heterocycles. The third-order valence-electron chi connectivity index (χ3n) is 6.19. The minimum absolute atomic E-state index is 0.0601. The van der Waals surface area contributed by atoms with Gasteiger partial charge in [0.15, 0.2) is 0 Å². The molecule has 1 fully saturated rings. The Morgan fingerprint density at radius 1 is 0.861 bits per heavy atom. The Balaban J connectivity index is 1.30. The average molecular weight is 553 g/mol. The van der Waals surface area contributed by atoms with Crippen LogP contribution in [0.3, 0.4) is 0 Å². The summed E-state index contributed by atoms with van der Waals surface area (Å²) in [5, 5.41) is 2.82. The second-order valence-corrected chi connectivity index (χ2v) is 11.5. The van der Waals surface area contributed by atoms with E-state index < -0.39 is 0 Å². The fourth-order valence-electron chi connectivity index (χ4n) is 4.03. The zero-order valence-corrected chi connectivity index (χ0v) is 23.0. The SMILES string of the molecule is CC(C)(C)NC(=O)OC1CC(Oc2ccc(C(C)(C)c3ccc(Oc4ccnc(Br)c4)cc3)cc2)C1. The Labute approximate surface area is 221 Å². The van der Waals surface area contributed by atoms with E-state index in [0.717, 1.165) is 21.9 Å². The molecule has 0 spiro atoms. The Kier molecular flexibility index (Phi) is 7.59. The lowest BCUT2D eigenvalue weighted by Crippen LogP contribution is -2.46. The van der Waals surface area contributed by atoms with Crippen LogP contribution >= 0.6 is 15.9 Å². The summed E-state index contributed by atoms with van der Waals surface area (Å²) in [7, 11) is 0. The second kappa shape index (κ2) is 10.5. The summed E-state index contributed by atoms with van der Waals surface area (Å²) in [5.74, 6) is 2.33. The number of carbonyl (C=O) groups excluding carboxylic acids is 1. The van der Waals surface area contributed by atoms with E-state index >= 15 is 0 Å². The van der Waals surface area contributed by atoms with Crippen molar-refractivity contribution in [3.8, 4) is 17.2 Å². The molecule has 0 atom stereocenters. The van der Waals surface area contributed by atoms with Crippen molar-refractivity contribution < 1.29 is 19.0 Å². The first-order valence-corrected chi connectivity index (χ1v) is 12.9. The van der Waals surface area contributed by atoms with Crippen molar-refractivity contribution in [2.75, 3.05) is 0 Å². The molecule has 190 valence electrons. The van der Waals surface area contributed by atoms with Gasteiger partial charge in [-0.2, -0.15) is 0 Å². The summed E-state index contributed by atoms with van der Waals surface area (Å²) in [4.78, 5) is 16.0. The highest BCUT2D eigenvalue weighted by atomic mass is 79.9. The average Bonchev–Trinajstić information content (AvgIpc) is 2.77. The van der Waals surface area contributed by atoms with Crippen LogP contribution < -0.4 is 14.8 Å². The predicted octanol–water partition coefficient (Wildman–Crippen LogP) is 7.40. The Morgan fingerprint density at radius 2 is 1.44 bits per heavy atom. The van der Waals surface area contributed by atoms with Gasteiger partial charge in [-0.25, -0.2) is 9.78 Å². The monoisotopic (exact) mass is 552 g/mol. The number of carbonyl (C=O) groups is 1. The zero-order valence-electron chi connectivity index (χ0n) is 21.4. The highest BCUT2D eigenvalue weighted by molar-refractivity contribution is 9.10. The predicted molar refractivity (Wildman–Crippen MR) is 144 cm³/mol. The van der Waals surface area contributed by atoms with E-state index in [-0.39, 0.29) is 29.3 Å². The summed E-state index contributed by atoms with van der Waals surface area (Å²) < 4.78 is 18.2. The highest BCUT2D eigenvalue weighted by Crippen LogP contribution is 2.35. The maximum Gasteiger partial charge on any atom is 0.407 e. The van der Waals surface area contributed by atoms with Gasteiger partial charge in [0.1, 0.15) is 34.1 Å². The molecule has 36 heavy (non-hydrogen) atoms. The lowest BCUT2D eigenvalue weighted by Gasteiger charge is -2.35. The van der Waals surface area contributed by atoms with Gasteiger partial charge in [0.2, 0.25) is 0 Å². The highest BCUT2D eigenvalue weighted by Gasteiger charge is 2.34. The number of pyridine rings is 1. The maximum atomic E-state index is 11.9. The summed E-state index contributed by atoms with van der Waals surface area (Å²) in [5.41, 5.74) is 1.88. The van der Waals surface area contributed by atoms with Crippen molar-refractivity contribution in [3.63, 3.8) is 0 Å². The first kappa shape index (κ1) is 26.0. The Hall–Kier alpha value is -3.06. The smallest absolute Gasteiger partial charge is 0.407 e. The number of nitrogens with zero attached hydrogens (tertiary/aromatic N) is 1. The molecule has 0 aliphatic heterocycles. The number of aromatic nitrogens is 1. The minimum atomic E-state index is -0.373. The quantitative estimate of drug-likeness (QED) is 0.309. The van der Waals surface area contributed by atoms with Crippen molar-refractivity contribution in [3.05, 3.63) is 82.6 Å². The molecular formula is C29H33BrN2O4. The lowest BCUT2D eigenvalue weighted by atomic mass is 9.78. The van der Waals surface area contributed by atoms with Crippen LogP contribution in [0.2, 0.25) is 0 Å². The van der Waals surface area contributed by atoms with E-state index in [1.165, 1.54) is 11.1 Å². The lowest BCUT2D eigenvalue weighted by molar-refractivity contribution is -0.0243. The van der Waals surface area contributed by atoms with E-state index in [9.17, 15) is 4.79 Å². The molecule has 1 amide bonds. The van der Waals surface area contributed by atoms with E-state index in [4.69, 9.17) is 14.2 Å². The molecule has 0 radical (unpaired) electrons. The summed E-state index contributed by atoms with van der Waals surface area (Å²) >= 11 is 3.36. The fourth-order valence-corrected chi connectivity index (χ4v) is 4.37. The van der Waals surface area contributed by atoms with Crippen LogP contribution in [0.15, 0.2) is 71.5 Å². The van der Waals surface area contributed by atoms with Gasteiger partial charge < -0.3 is 19.5 Å². The largest absolute Gasteiger partial charge is 0.490 e. The van der Waals surface area contributed by atoms with Crippen molar-refractivity contribution in [2.45, 2.75) is 70.6 Å². The van der Waals surface area contributed by atoms with Crippen molar-refractivity contribution in [2.24, 2.45) is 0 Å². The van der Waals surface area contributed by atoms with Gasteiger partial charge in [0.25, 0.3) is 0 Å². The molecule has 1 saturated carbocycles. The van der Waals surface area contributed by atoms with Gasteiger partial charge in [-0.05, 0) is 78.2 Å². The van der Waals surface area contributed by atoms with Crippen LogP contribution in [-0.2, 0) is 10.2 Å². The molecule has 1 aromatic heterocycles.